The van der Waals surface area contributed by atoms with Gasteiger partial charge in [0, 0.05) is 0 Å². The molecule has 0 unspecified atom stereocenters. The number of carbonyl (C=O) groups is 1. The van der Waals surface area contributed by atoms with Crippen molar-refractivity contribution in [2.24, 2.45) is 0 Å². The smallest absolute Gasteiger partial charge is 0.407 e. The SMILES string of the molecule is CCOC(=O)NCC[N+](C)(C)C.[I-]. The highest BCUT2D eigenvalue weighted by molar-refractivity contribution is 5.66. The molecule has 0 radical (unpaired) electrons. The molecule has 80 valence electrons. The first-order chi connectivity index (χ1) is 5.45. The maximum atomic E-state index is 10.8. The van der Waals surface area contributed by atoms with Crippen molar-refractivity contribution in [3.63, 3.8) is 0 Å². The highest BCUT2D eigenvalue weighted by Crippen LogP contribution is 1.86. The minimum absolute atomic E-state index is 0. The number of likely N-dealkylation sites (N-methyl/N-ethyl adjacent to an activating group) is 1. The molecule has 0 saturated carbocycles. The van der Waals surface area contributed by atoms with Crippen LogP contribution in [-0.2, 0) is 4.74 Å². The van der Waals surface area contributed by atoms with Crippen molar-refractivity contribution in [2.45, 2.75) is 6.92 Å². The fourth-order valence-corrected chi connectivity index (χ4v) is 0.675. The molecule has 0 saturated heterocycles. The summed E-state index contributed by atoms with van der Waals surface area (Å²) >= 11 is 0. The Kier molecular flexibility index (Phi) is 8.75. The summed E-state index contributed by atoms with van der Waals surface area (Å²) in [6.07, 6.45) is -0.328. The molecule has 1 amide bonds. The zero-order chi connectivity index (χ0) is 9.61. The van der Waals surface area contributed by atoms with Crippen molar-refractivity contribution in [1.82, 2.24) is 5.32 Å². The summed E-state index contributed by atoms with van der Waals surface area (Å²) in [5.41, 5.74) is 0. The number of hydrogen-bond donors (Lipinski definition) is 1. The minimum Gasteiger partial charge on any atom is -1.00 e. The van der Waals surface area contributed by atoms with E-state index in [-0.39, 0.29) is 30.1 Å². The first kappa shape index (κ1) is 15.4. The predicted molar refractivity (Wildman–Crippen MR) is 47.9 cm³/mol. The number of alkyl carbamates (subject to hydrolysis) is 1. The molecule has 0 aliphatic heterocycles. The summed E-state index contributed by atoms with van der Waals surface area (Å²) in [7, 11) is 6.23. The lowest BCUT2D eigenvalue weighted by Gasteiger charge is -2.23. The number of quaternary nitrogens is 1. The van der Waals surface area contributed by atoms with Gasteiger partial charge in [0.2, 0.25) is 0 Å². The number of rotatable bonds is 4. The standard InChI is InChI=1S/C8H18N2O2.HI/c1-5-12-8(11)9-6-7-10(2,3)4;/h5-7H2,1-4H3;1H. The predicted octanol–water partition coefficient (Wildman–Crippen LogP) is -2.56. The summed E-state index contributed by atoms with van der Waals surface area (Å²) in [5.74, 6) is 0. The summed E-state index contributed by atoms with van der Waals surface area (Å²) in [6.45, 7) is 3.77. The van der Waals surface area contributed by atoms with Crippen molar-refractivity contribution in [2.75, 3.05) is 40.8 Å². The van der Waals surface area contributed by atoms with Crippen molar-refractivity contribution >= 4 is 6.09 Å². The van der Waals surface area contributed by atoms with E-state index in [1.807, 2.05) is 0 Å². The number of ether oxygens (including phenoxy) is 1. The lowest BCUT2D eigenvalue weighted by atomic mass is 10.5. The van der Waals surface area contributed by atoms with Gasteiger partial charge in [-0.05, 0) is 6.92 Å². The average Bonchev–Trinajstić information content (AvgIpc) is 1.84. The van der Waals surface area contributed by atoms with E-state index >= 15 is 0 Å². The largest absolute Gasteiger partial charge is 1.00 e. The van der Waals surface area contributed by atoms with E-state index in [2.05, 4.69) is 26.5 Å². The second kappa shape index (κ2) is 7.37. The number of carbonyl (C=O) groups excluding carboxylic acids is 1. The highest BCUT2D eigenvalue weighted by Gasteiger charge is 2.07. The number of nitrogens with one attached hydrogen (secondary N) is 1. The first-order valence-electron chi connectivity index (χ1n) is 4.17. The van der Waals surface area contributed by atoms with Gasteiger partial charge in [-0.25, -0.2) is 4.79 Å². The molecule has 0 aliphatic carbocycles. The van der Waals surface area contributed by atoms with E-state index in [4.69, 9.17) is 4.74 Å². The van der Waals surface area contributed by atoms with Gasteiger partial charge >= 0.3 is 6.09 Å². The maximum absolute atomic E-state index is 10.8. The lowest BCUT2D eigenvalue weighted by molar-refractivity contribution is -0.869. The van der Waals surface area contributed by atoms with Gasteiger partial charge in [-0.2, -0.15) is 0 Å². The Hall–Kier alpha value is -0.0400. The maximum Gasteiger partial charge on any atom is 0.407 e. The lowest BCUT2D eigenvalue weighted by Crippen LogP contribution is -3.00. The fourth-order valence-electron chi connectivity index (χ4n) is 0.675. The first-order valence-corrected chi connectivity index (χ1v) is 4.17. The molecule has 0 aromatic carbocycles. The molecular weight excluding hydrogens is 283 g/mol. The molecule has 0 bridgehead atoms. The molecule has 0 atom stereocenters. The molecule has 0 rings (SSSR count). The van der Waals surface area contributed by atoms with Crippen molar-refractivity contribution in [1.29, 1.82) is 0 Å². The van der Waals surface area contributed by atoms with E-state index in [0.29, 0.717) is 13.2 Å². The molecule has 5 heteroatoms. The Morgan fingerprint density at radius 1 is 1.38 bits per heavy atom. The molecule has 13 heavy (non-hydrogen) atoms. The van der Waals surface area contributed by atoms with Crippen LogP contribution < -0.4 is 29.3 Å². The molecule has 0 fully saturated rings. The van der Waals surface area contributed by atoms with Gasteiger partial charge in [-0.3, -0.25) is 0 Å². The van der Waals surface area contributed by atoms with Crippen LogP contribution >= 0.6 is 0 Å². The third kappa shape index (κ3) is 12.0. The van der Waals surface area contributed by atoms with Crippen LogP contribution in [-0.4, -0.2) is 51.4 Å². The van der Waals surface area contributed by atoms with Gasteiger partial charge in [0.15, 0.2) is 0 Å². The Balaban J connectivity index is 0. The second-order valence-corrected chi connectivity index (χ2v) is 3.66. The monoisotopic (exact) mass is 302 g/mol. The molecule has 0 aromatic rings. The third-order valence-corrected chi connectivity index (χ3v) is 1.33. The van der Waals surface area contributed by atoms with Gasteiger partial charge in [-0.1, -0.05) is 0 Å². The van der Waals surface area contributed by atoms with Crippen molar-refractivity contribution in [3.05, 3.63) is 0 Å². The van der Waals surface area contributed by atoms with Crippen LogP contribution in [0.1, 0.15) is 6.92 Å². The molecule has 0 aromatic heterocycles. The second-order valence-electron chi connectivity index (χ2n) is 3.66. The summed E-state index contributed by atoms with van der Waals surface area (Å²) in [4.78, 5) is 10.8. The normalized spacial score (nSPS) is 10.2. The van der Waals surface area contributed by atoms with Gasteiger partial charge in [-0.15, -0.1) is 0 Å². The van der Waals surface area contributed by atoms with Gasteiger partial charge < -0.3 is 38.5 Å². The zero-order valence-electron chi connectivity index (χ0n) is 8.76. The van der Waals surface area contributed by atoms with Gasteiger partial charge in [0.05, 0.1) is 40.8 Å². The number of hydrogen-bond acceptors (Lipinski definition) is 2. The van der Waals surface area contributed by atoms with E-state index in [0.717, 1.165) is 11.0 Å². The van der Waals surface area contributed by atoms with Crippen molar-refractivity contribution in [3.8, 4) is 0 Å². The van der Waals surface area contributed by atoms with Crippen LogP contribution in [0.15, 0.2) is 0 Å². The number of nitrogens with zero attached hydrogens (tertiary/aromatic N) is 1. The van der Waals surface area contributed by atoms with Gasteiger partial charge in [0.1, 0.15) is 0 Å². The van der Waals surface area contributed by atoms with Crippen LogP contribution in [0.4, 0.5) is 4.79 Å². The molecule has 0 spiro atoms. The van der Waals surface area contributed by atoms with Crippen LogP contribution in [0, 0.1) is 0 Å². The molecule has 1 N–H and O–H groups in total. The Labute approximate surface area is 97.2 Å². The van der Waals surface area contributed by atoms with E-state index in [9.17, 15) is 4.79 Å². The quantitative estimate of drug-likeness (QED) is 0.458. The minimum atomic E-state index is -0.328. The highest BCUT2D eigenvalue weighted by atomic mass is 127. The summed E-state index contributed by atoms with van der Waals surface area (Å²) in [5, 5.41) is 2.66. The topological polar surface area (TPSA) is 38.3 Å². The number of halogens is 1. The molecule has 0 aliphatic rings. The Bertz CT molecular complexity index is 146. The molecule has 4 nitrogen and oxygen atoms in total. The van der Waals surface area contributed by atoms with Crippen LogP contribution in [0.5, 0.6) is 0 Å². The van der Waals surface area contributed by atoms with E-state index in [1.165, 1.54) is 0 Å². The zero-order valence-corrected chi connectivity index (χ0v) is 10.9. The Morgan fingerprint density at radius 2 is 1.92 bits per heavy atom. The third-order valence-electron chi connectivity index (χ3n) is 1.33. The van der Waals surface area contributed by atoms with Crippen LogP contribution in [0.3, 0.4) is 0 Å². The van der Waals surface area contributed by atoms with E-state index < -0.39 is 0 Å². The molecule has 0 heterocycles. The average molecular weight is 302 g/mol. The number of amides is 1. The van der Waals surface area contributed by atoms with Crippen molar-refractivity contribution < 1.29 is 38.0 Å². The van der Waals surface area contributed by atoms with Crippen LogP contribution in [0.25, 0.3) is 0 Å². The Morgan fingerprint density at radius 3 is 2.31 bits per heavy atom. The van der Waals surface area contributed by atoms with Crippen LogP contribution in [0.2, 0.25) is 0 Å². The summed E-state index contributed by atoms with van der Waals surface area (Å²) < 4.78 is 5.54. The molecular formula is C8H19IN2O2. The fraction of sp³-hybridized carbons (Fsp3) is 0.875. The van der Waals surface area contributed by atoms with Gasteiger partial charge in [0.25, 0.3) is 0 Å². The summed E-state index contributed by atoms with van der Waals surface area (Å²) in [6, 6.07) is 0. The van der Waals surface area contributed by atoms with E-state index in [1.54, 1.807) is 6.92 Å².